The van der Waals surface area contributed by atoms with Crippen LogP contribution in [0, 0.1) is 0 Å². The van der Waals surface area contributed by atoms with Crippen molar-refractivity contribution in [3.05, 3.63) is 31.5 Å². The van der Waals surface area contributed by atoms with Crippen LogP contribution in [0.25, 0.3) is 0 Å². The number of nitrogens with zero attached hydrogens (tertiary/aromatic N) is 3. The Kier molecular flexibility index (Phi) is 4.66. The Hall–Kier alpha value is -1.63. The second-order valence-corrected chi connectivity index (χ2v) is 4.01. The predicted molar refractivity (Wildman–Crippen MR) is 66.9 cm³/mol. The average molecular weight is 257 g/mol. The average Bonchev–Trinajstić information content (AvgIpc) is 2.35. The van der Waals surface area contributed by atoms with Gasteiger partial charge in [0.15, 0.2) is 0 Å². The van der Waals surface area contributed by atoms with Gasteiger partial charge in [0.25, 0.3) is 0 Å². The van der Waals surface area contributed by atoms with Gasteiger partial charge in [0.05, 0.1) is 12.6 Å². The lowest BCUT2D eigenvalue weighted by atomic mass is 10.3. The zero-order chi connectivity index (χ0) is 13.9. The van der Waals surface area contributed by atoms with Gasteiger partial charge in [0.1, 0.15) is 0 Å². The summed E-state index contributed by atoms with van der Waals surface area (Å²) in [4.78, 5) is 35.8. The van der Waals surface area contributed by atoms with Crippen molar-refractivity contribution in [2.45, 2.75) is 52.9 Å². The highest BCUT2D eigenvalue weighted by atomic mass is 16.3. The first-order chi connectivity index (χ1) is 8.47. The van der Waals surface area contributed by atoms with Crippen molar-refractivity contribution in [2.75, 3.05) is 0 Å². The molecule has 0 amide bonds. The van der Waals surface area contributed by atoms with Gasteiger partial charge in [-0.15, -0.1) is 0 Å². The fourth-order valence-electron chi connectivity index (χ4n) is 1.72. The highest BCUT2D eigenvalue weighted by Gasteiger charge is 2.15. The summed E-state index contributed by atoms with van der Waals surface area (Å²) in [5.41, 5.74) is -1.92. The minimum atomic E-state index is -0.775. The summed E-state index contributed by atoms with van der Waals surface area (Å²) in [6.07, 6.45) is -0.341. The molecule has 0 aliphatic carbocycles. The van der Waals surface area contributed by atoms with Crippen LogP contribution < -0.4 is 17.1 Å². The molecular weight excluding hydrogens is 238 g/mol. The van der Waals surface area contributed by atoms with Crippen LogP contribution in [0.3, 0.4) is 0 Å². The molecule has 0 fully saturated rings. The van der Waals surface area contributed by atoms with Crippen LogP contribution >= 0.6 is 0 Å². The molecule has 0 aromatic carbocycles. The zero-order valence-corrected chi connectivity index (χ0v) is 10.9. The Morgan fingerprint density at radius 1 is 0.889 bits per heavy atom. The lowest BCUT2D eigenvalue weighted by Crippen LogP contribution is -2.55. The van der Waals surface area contributed by atoms with Crippen LogP contribution in [0.1, 0.15) is 27.2 Å². The van der Waals surface area contributed by atoms with E-state index < -0.39 is 23.2 Å². The summed E-state index contributed by atoms with van der Waals surface area (Å²) in [6, 6.07) is 0. The van der Waals surface area contributed by atoms with Crippen molar-refractivity contribution in [1.29, 1.82) is 0 Å². The van der Waals surface area contributed by atoms with E-state index in [1.54, 1.807) is 20.8 Å². The molecule has 7 nitrogen and oxygen atoms in total. The van der Waals surface area contributed by atoms with Gasteiger partial charge in [-0.25, -0.2) is 28.1 Å². The molecule has 1 rings (SSSR count). The van der Waals surface area contributed by atoms with E-state index in [1.807, 2.05) is 0 Å². The highest BCUT2D eigenvalue weighted by Crippen LogP contribution is 1.90. The fraction of sp³-hybridized carbons (Fsp3) is 0.727. The largest absolute Gasteiger partial charge is 0.391 e. The van der Waals surface area contributed by atoms with E-state index in [1.165, 1.54) is 0 Å². The molecule has 1 aromatic rings. The van der Waals surface area contributed by atoms with Gasteiger partial charge in [-0.1, -0.05) is 6.92 Å². The maximum Gasteiger partial charge on any atom is 0.336 e. The van der Waals surface area contributed by atoms with Crippen LogP contribution in [0.5, 0.6) is 0 Å². The van der Waals surface area contributed by atoms with Gasteiger partial charge in [-0.3, -0.25) is 0 Å². The molecule has 0 aliphatic rings. The van der Waals surface area contributed by atoms with E-state index in [9.17, 15) is 19.5 Å². The summed E-state index contributed by atoms with van der Waals surface area (Å²) >= 11 is 0. The monoisotopic (exact) mass is 257 g/mol. The third-order valence-corrected chi connectivity index (χ3v) is 2.88. The smallest absolute Gasteiger partial charge is 0.336 e. The topological polar surface area (TPSA) is 86.2 Å². The Bertz CT molecular complexity index is 539. The van der Waals surface area contributed by atoms with Crippen molar-refractivity contribution in [3.63, 3.8) is 0 Å². The van der Waals surface area contributed by atoms with E-state index >= 15 is 0 Å². The van der Waals surface area contributed by atoms with Gasteiger partial charge in [0, 0.05) is 13.1 Å². The maximum atomic E-state index is 12.0. The van der Waals surface area contributed by atoms with E-state index in [-0.39, 0.29) is 19.6 Å². The van der Waals surface area contributed by atoms with Gasteiger partial charge in [0.2, 0.25) is 0 Å². The summed E-state index contributed by atoms with van der Waals surface area (Å²) in [5.74, 6) is 0. The van der Waals surface area contributed by atoms with Gasteiger partial charge in [-0.2, -0.15) is 0 Å². The molecule has 0 aliphatic heterocycles. The molecule has 1 N–H and O–H groups in total. The van der Waals surface area contributed by atoms with Crippen LogP contribution in [0.2, 0.25) is 0 Å². The SMILES string of the molecule is CCC(O)Cn1c(=O)n(CC)c(=O)n(CC)c1=O. The second-order valence-electron chi connectivity index (χ2n) is 4.01. The quantitative estimate of drug-likeness (QED) is 0.731. The third kappa shape index (κ3) is 2.45. The molecule has 0 saturated heterocycles. The lowest BCUT2D eigenvalue weighted by molar-refractivity contribution is 0.144. The molecule has 1 atom stereocenters. The van der Waals surface area contributed by atoms with Crippen molar-refractivity contribution in [3.8, 4) is 0 Å². The molecule has 102 valence electrons. The molecule has 0 bridgehead atoms. The summed E-state index contributed by atoms with van der Waals surface area (Å²) < 4.78 is 2.91. The molecule has 1 heterocycles. The van der Waals surface area contributed by atoms with Gasteiger partial charge >= 0.3 is 17.1 Å². The molecule has 18 heavy (non-hydrogen) atoms. The second kappa shape index (κ2) is 5.81. The van der Waals surface area contributed by atoms with E-state index in [0.717, 1.165) is 13.7 Å². The Balaban J connectivity index is 3.56. The van der Waals surface area contributed by atoms with Gasteiger partial charge < -0.3 is 5.11 Å². The normalized spacial score (nSPS) is 12.7. The Morgan fingerprint density at radius 3 is 1.61 bits per heavy atom. The predicted octanol–water partition coefficient (Wildman–Crippen LogP) is -1.02. The van der Waals surface area contributed by atoms with Crippen LogP contribution in [-0.2, 0) is 19.6 Å². The molecule has 0 radical (unpaired) electrons. The standard InChI is InChI=1S/C11H19N3O4/c1-4-8(15)7-14-10(17)12(5-2)9(16)13(6-3)11(14)18/h8,15H,4-7H2,1-3H3. The first-order valence-corrected chi connectivity index (χ1v) is 6.10. The van der Waals surface area contributed by atoms with Crippen molar-refractivity contribution in [1.82, 2.24) is 13.7 Å². The van der Waals surface area contributed by atoms with Crippen molar-refractivity contribution < 1.29 is 5.11 Å². The minimum absolute atomic E-state index is 0.0888. The Labute approximate surface area is 104 Å². The molecule has 7 heteroatoms. The van der Waals surface area contributed by atoms with Crippen LogP contribution in [-0.4, -0.2) is 24.9 Å². The molecule has 0 saturated carbocycles. The number of aromatic nitrogens is 3. The van der Waals surface area contributed by atoms with E-state index in [0.29, 0.717) is 6.42 Å². The zero-order valence-electron chi connectivity index (χ0n) is 10.9. The number of aliphatic hydroxyl groups is 1. The van der Waals surface area contributed by atoms with E-state index in [2.05, 4.69) is 0 Å². The highest BCUT2D eigenvalue weighted by molar-refractivity contribution is 4.79. The van der Waals surface area contributed by atoms with Gasteiger partial charge in [-0.05, 0) is 20.3 Å². The van der Waals surface area contributed by atoms with Crippen molar-refractivity contribution in [2.24, 2.45) is 0 Å². The first-order valence-electron chi connectivity index (χ1n) is 6.10. The fourth-order valence-corrected chi connectivity index (χ4v) is 1.72. The Morgan fingerprint density at radius 2 is 1.28 bits per heavy atom. The molecule has 1 unspecified atom stereocenters. The summed E-state index contributed by atoms with van der Waals surface area (Å²) in [5, 5.41) is 9.56. The van der Waals surface area contributed by atoms with Crippen LogP contribution in [0.15, 0.2) is 14.4 Å². The summed E-state index contributed by atoms with van der Waals surface area (Å²) in [6.45, 7) is 5.38. The van der Waals surface area contributed by atoms with Crippen LogP contribution in [0.4, 0.5) is 0 Å². The number of hydrogen-bond acceptors (Lipinski definition) is 4. The summed E-state index contributed by atoms with van der Waals surface area (Å²) in [7, 11) is 0. The molecular formula is C11H19N3O4. The van der Waals surface area contributed by atoms with Crippen molar-refractivity contribution >= 4 is 0 Å². The first kappa shape index (κ1) is 14.4. The number of rotatable bonds is 5. The number of hydrogen-bond donors (Lipinski definition) is 1. The maximum absolute atomic E-state index is 12.0. The molecule has 1 aromatic heterocycles. The number of aliphatic hydroxyl groups excluding tert-OH is 1. The third-order valence-electron chi connectivity index (χ3n) is 2.88. The minimum Gasteiger partial charge on any atom is -0.391 e. The molecule has 0 spiro atoms. The van der Waals surface area contributed by atoms with E-state index in [4.69, 9.17) is 0 Å². The lowest BCUT2D eigenvalue weighted by Gasteiger charge is -2.13.